The Morgan fingerprint density at radius 2 is 2.18 bits per heavy atom. The maximum Gasteiger partial charge on any atom is 0.240 e. The van der Waals surface area contributed by atoms with Crippen molar-refractivity contribution in [3.63, 3.8) is 0 Å². The molecule has 0 aromatic heterocycles. The van der Waals surface area contributed by atoms with Crippen molar-refractivity contribution >= 4 is 10.0 Å². The molecule has 1 aromatic carbocycles. The van der Waals surface area contributed by atoms with Gasteiger partial charge in [-0.05, 0) is 24.6 Å². The molecule has 17 heavy (non-hydrogen) atoms. The van der Waals surface area contributed by atoms with E-state index in [1.54, 1.807) is 12.1 Å². The second kappa shape index (κ2) is 6.70. The summed E-state index contributed by atoms with van der Waals surface area (Å²) in [6.45, 7) is 2.80. The molecular weight excluding hydrogens is 242 g/mol. The van der Waals surface area contributed by atoms with Crippen LogP contribution in [0.3, 0.4) is 0 Å². The Kier molecular flexibility index (Phi) is 5.57. The molecule has 0 aliphatic carbocycles. The van der Waals surface area contributed by atoms with Gasteiger partial charge in [-0.2, -0.15) is 0 Å². The third-order valence-corrected chi connectivity index (χ3v) is 3.59. The molecule has 0 fully saturated rings. The quantitative estimate of drug-likeness (QED) is 0.699. The maximum absolute atomic E-state index is 11.8. The average molecular weight is 259 g/mol. The zero-order valence-corrected chi connectivity index (χ0v) is 10.5. The molecule has 1 rings (SSSR count). The molecule has 2 N–H and O–H groups in total. The minimum Gasteiger partial charge on any atom is -0.392 e. The maximum atomic E-state index is 11.8. The Labute approximate surface area is 101 Å². The van der Waals surface area contributed by atoms with E-state index in [2.05, 4.69) is 4.72 Å². The fourth-order valence-corrected chi connectivity index (χ4v) is 2.37. The second-order valence-corrected chi connectivity index (χ2v) is 5.17. The van der Waals surface area contributed by atoms with Gasteiger partial charge < -0.3 is 9.84 Å². The molecule has 0 unspecified atom stereocenters. The SMILES string of the molecule is CCOCCNS(=O)(=O)c1cccc(CO)c1. The summed E-state index contributed by atoms with van der Waals surface area (Å²) < 4.78 is 31.1. The summed E-state index contributed by atoms with van der Waals surface area (Å²) in [4.78, 5) is 0.153. The molecule has 0 saturated carbocycles. The van der Waals surface area contributed by atoms with Crippen molar-refractivity contribution in [3.05, 3.63) is 29.8 Å². The van der Waals surface area contributed by atoms with E-state index in [4.69, 9.17) is 9.84 Å². The van der Waals surface area contributed by atoms with Crippen molar-refractivity contribution in [2.45, 2.75) is 18.4 Å². The Morgan fingerprint density at radius 1 is 1.41 bits per heavy atom. The van der Waals surface area contributed by atoms with Gasteiger partial charge in [-0.3, -0.25) is 0 Å². The highest BCUT2D eigenvalue weighted by Gasteiger charge is 2.13. The van der Waals surface area contributed by atoms with Crippen LogP contribution in [0.1, 0.15) is 12.5 Å². The molecule has 0 heterocycles. The fourth-order valence-electron chi connectivity index (χ4n) is 1.29. The molecule has 0 radical (unpaired) electrons. The molecule has 1 aromatic rings. The number of rotatable bonds is 7. The number of hydrogen-bond donors (Lipinski definition) is 2. The summed E-state index contributed by atoms with van der Waals surface area (Å²) in [7, 11) is -3.51. The van der Waals surface area contributed by atoms with Crippen LogP contribution in [0.25, 0.3) is 0 Å². The van der Waals surface area contributed by atoms with E-state index >= 15 is 0 Å². The summed E-state index contributed by atoms with van der Waals surface area (Å²) in [5.74, 6) is 0. The lowest BCUT2D eigenvalue weighted by molar-refractivity contribution is 0.153. The molecule has 5 nitrogen and oxygen atoms in total. The Hall–Kier alpha value is -0.950. The van der Waals surface area contributed by atoms with Crippen LogP contribution < -0.4 is 4.72 Å². The summed E-state index contributed by atoms with van der Waals surface area (Å²) in [6, 6.07) is 6.20. The third-order valence-electron chi connectivity index (χ3n) is 2.13. The lowest BCUT2D eigenvalue weighted by atomic mass is 10.2. The van der Waals surface area contributed by atoms with Crippen LogP contribution in [0.2, 0.25) is 0 Å². The van der Waals surface area contributed by atoms with Gasteiger partial charge in [0.25, 0.3) is 0 Å². The van der Waals surface area contributed by atoms with Crippen molar-refractivity contribution < 1.29 is 18.3 Å². The van der Waals surface area contributed by atoms with Crippen molar-refractivity contribution in [1.29, 1.82) is 0 Å². The Morgan fingerprint density at radius 3 is 2.82 bits per heavy atom. The summed E-state index contributed by atoms with van der Waals surface area (Å²) >= 11 is 0. The molecule has 0 amide bonds. The van der Waals surface area contributed by atoms with Crippen molar-refractivity contribution in [2.24, 2.45) is 0 Å². The predicted octanol–water partition coefficient (Wildman–Crippen LogP) is 0.494. The lowest BCUT2D eigenvalue weighted by Gasteiger charge is -2.07. The van der Waals surface area contributed by atoms with E-state index in [0.717, 1.165) is 0 Å². The van der Waals surface area contributed by atoms with Gasteiger partial charge in [-0.15, -0.1) is 0 Å². The van der Waals surface area contributed by atoms with Gasteiger partial charge in [0.1, 0.15) is 0 Å². The van der Waals surface area contributed by atoms with Crippen LogP contribution in [0.4, 0.5) is 0 Å². The first kappa shape index (κ1) is 14.1. The van der Waals surface area contributed by atoms with Gasteiger partial charge in [0.05, 0.1) is 18.1 Å². The first-order chi connectivity index (χ1) is 8.10. The fraction of sp³-hybridized carbons (Fsp3) is 0.455. The molecule has 0 atom stereocenters. The molecular formula is C11H17NO4S. The normalized spacial score (nSPS) is 11.6. The second-order valence-electron chi connectivity index (χ2n) is 3.40. The number of aliphatic hydroxyl groups is 1. The van der Waals surface area contributed by atoms with Crippen molar-refractivity contribution in [3.8, 4) is 0 Å². The molecule has 6 heteroatoms. The van der Waals surface area contributed by atoms with Gasteiger partial charge >= 0.3 is 0 Å². The number of sulfonamides is 1. The highest BCUT2D eigenvalue weighted by atomic mass is 32.2. The van der Waals surface area contributed by atoms with E-state index in [0.29, 0.717) is 18.8 Å². The van der Waals surface area contributed by atoms with Gasteiger partial charge in [-0.25, -0.2) is 13.1 Å². The average Bonchev–Trinajstić information content (AvgIpc) is 2.35. The molecule has 96 valence electrons. The molecule has 0 bridgehead atoms. The molecule has 0 spiro atoms. The minimum absolute atomic E-state index is 0.153. The molecule has 0 aliphatic rings. The van der Waals surface area contributed by atoms with E-state index < -0.39 is 10.0 Å². The number of nitrogens with one attached hydrogen (secondary N) is 1. The Balaban J connectivity index is 2.68. The summed E-state index contributed by atoms with van der Waals surface area (Å²) in [6.07, 6.45) is 0. The minimum atomic E-state index is -3.51. The van der Waals surface area contributed by atoms with Crippen LogP contribution in [-0.4, -0.2) is 33.3 Å². The van der Waals surface area contributed by atoms with Crippen LogP contribution in [0.5, 0.6) is 0 Å². The molecule has 0 saturated heterocycles. The van der Waals surface area contributed by atoms with E-state index in [9.17, 15) is 8.42 Å². The number of aliphatic hydroxyl groups excluding tert-OH is 1. The highest BCUT2D eigenvalue weighted by molar-refractivity contribution is 7.89. The van der Waals surface area contributed by atoms with E-state index in [1.807, 2.05) is 6.92 Å². The standard InChI is InChI=1S/C11H17NO4S/c1-2-16-7-6-12-17(14,15)11-5-3-4-10(8-11)9-13/h3-5,8,12-13H,2,6-7,9H2,1H3. The van der Waals surface area contributed by atoms with Crippen LogP contribution in [0.15, 0.2) is 29.2 Å². The number of benzene rings is 1. The first-order valence-electron chi connectivity index (χ1n) is 5.37. The number of hydrogen-bond acceptors (Lipinski definition) is 4. The number of ether oxygens (including phenoxy) is 1. The van der Waals surface area contributed by atoms with Crippen LogP contribution in [0, 0.1) is 0 Å². The van der Waals surface area contributed by atoms with Gasteiger partial charge in [-0.1, -0.05) is 12.1 Å². The summed E-state index contributed by atoms with van der Waals surface area (Å²) in [5, 5.41) is 8.94. The third kappa shape index (κ3) is 4.43. The largest absolute Gasteiger partial charge is 0.392 e. The van der Waals surface area contributed by atoms with Crippen LogP contribution in [-0.2, 0) is 21.4 Å². The van der Waals surface area contributed by atoms with Gasteiger partial charge in [0.2, 0.25) is 10.0 Å². The van der Waals surface area contributed by atoms with E-state index in [1.165, 1.54) is 12.1 Å². The zero-order chi connectivity index (χ0) is 12.7. The zero-order valence-electron chi connectivity index (χ0n) is 9.72. The van der Waals surface area contributed by atoms with Crippen molar-refractivity contribution in [1.82, 2.24) is 4.72 Å². The highest BCUT2D eigenvalue weighted by Crippen LogP contribution is 2.11. The predicted molar refractivity (Wildman–Crippen MR) is 64.0 cm³/mol. The summed E-state index contributed by atoms with van der Waals surface area (Å²) in [5.41, 5.74) is 0.567. The van der Waals surface area contributed by atoms with Gasteiger partial charge in [0, 0.05) is 13.2 Å². The monoisotopic (exact) mass is 259 g/mol. The topological polar surface area (TPSA) is 75.6 Å². The van der Waals surface area contributed by atoms with Crippen LogP contribution >= 0.6 is 0 Å². The van der Waals surface area contributed by atoms with E-state index in [-0.39, 0.29) is 18.0 Å². The lowest BCUT2D eigenvalue weighted by Crippen LogP contribution is -2.27. The first-order valence-corrected chi connectivity index (χ1v) is 6.85. The van der Waals surface area contributed by atoms with Crippen molar-refractivity contribution in [2.75, 3.05) is 19.8 Å². The van der Waals surface area contributed by atoms with Gasteiger partial charge in [0.15, 0.2) is 0 Å². The smallest absolute Gasteiger partial charge is 0.240 e. The Bertz CT molecular complexity index is 445. The molecule has 0 aliphatic heterocycles.